The van der Waals surface area contributed by atoms with Gasteiger partial charge in [0.15, 0.2) is 23.0 Å². The van der Waals surface area contributed by atoms with Gasteiger partial charge in [-0.3, -0.25) is 0 Å². The largest absolute Gasteiger partial charge is 0.504 e. The van der Waals surface area contributed by atoms with Crippen molar-refractivity contribution in [2.75, 3.05) is 18.9 Å². The molecule has 1 aliphatic rings. The Morgan fingerprint density at radius 3 is 1.72 bits per heavy atom. The summed E-state index contributed by atoms with van der Waals surface area (Å²) in [5.74, 6) is -6.51. The standard InChI is InChI=1S/C19H19NO9/c20-10-6-8-12(16(24)14(10)22)13-9(7-11(21)15(23)17(13)25)19(27)29-5-3-1-2-4-28-18(8)26/h6-7,21-25H,1-5,20H2. The zero-order valence-electron chi connectivity index (χ0n) is 15.1. The molecule has 0 fully saturated rings. The molecule has 0 spiro atoms. The number of fused-ring (bicyclic) bond motifs is 3. The predicted molar refractivity (Wildman–Crippen MR) is 99.0 cm³/mol. The molecule has 0 atom stereocenters. The van der Waals surface area contributed by atoms with Crippen LogP contribution < -0.4 is 5.73 Å². The topological polar surface area (TPSA) is 180 Å². The van der Waals surface area contributed by atoms with E-state index in [-0.39, 0.29) is 24.5 Å². The van der Waals surface area contributed by atoms with E-state index < -0.39 is 57.4 Å². The van der Waals surface area contributed by atoms with E-state index in [0.29, 0.717) is 19.3 Å². The summed E-state index contributed by atoms with van der Waals surface area (Å²) in [4.78, 5) is 25.2. The second-order valence-corrected chi connectivity index (χ2v) is 6.43. The van der Waals surface area contributed by atoms with Crippen molar-refractivity contribution in [1.29, 1.82) is 0 Å². The fraction of sp³-hybridized carbons (Fsp3) is 0.263. The number of cyclic esters (lactones) is 2. The minimum absolute atomic E-state index is 0.0143. The van der Waals surface area contributed by atoms with E-state index in [1.54, 1.807) is 0 Å². The lowest BCUT2D eigenvalue weighted by Crippen LogP contribution is -2.11. The maximum absolute atomic E-state index is 12.6. The number of benzene rings is 2. The summed E-state index contributed by atoms with van der Waals surface area (Å²) in [5, 5.41) is 50.7. The average molecular weight is 405 g/mol. The highest BCUT2D eigenvalue weighted by atomic mass is 16.5. The van der Waals surface area contributed by atoms with Crippen LogP contribution in [-0.4, -0.2) is 50.7 Å². The van der Waals surface area contributed by atoms with Crippen molar-refractivity contribution in [1.82, 2.24) is 0 Å². The fourth-order valence-electron chi connectivity index (χ4n) is 3.02. The fourth-order valence-corrected chi connectivity index (χ4v) is 3.02. The minimum atomic E-state index is -1.01. The maximum Gasteiger partial charge on any atom is 0.339 e. The number of phenolic OH excluding ortho intramolecular Hbond substituents is 5. The Bertz CT molecular complexity index is 921. The maximum atomic E-state index is 12.6. The first-order valence-electron chi connectivity index (χ1n) is 8.71. The third-order valence-corrected chi connectivity index (χ3v) is 4.50. The summed E-state index contributed by atoms with van der Waals surface area (Å²) in [6.07, 6.45) is 1.55. The van der Waals surface area contributed by atoms with Crippen LogP contribution in [0.2, 0.25) is 0 Å². The first-order valence-corrected chi connectivity index (χ1v) is 8.71. The second-order valence-electron chi connectivity index (χ2n) is 6.43. The van der Waals surface area contributed by atoms with E-state index in [1.165, 1.54) is 0 Å². The van der Waals surface area contributed by atoms with Gasteiger partial charge >= 0.3 is 11.9 Å². The van der Waals surface area contributed by atoms with Gasteiger partial charge in [-0.2, -0.15) is 0 Å². The SMILES string of the molecule is Nc1cc2c(c(O)c1O)-c1c(cc(O)c(O)c1O)C(=O)OCCCCCOC2=O. The van der Waals surface area contributed by atoms with E-state index in [0.717, 1.165) is 12.1 Å². The highest BCUT2D eigenvalue weighted by molar-refractivity contribution is 6.08. The zero-order valence-corrected chi connectivity index (χ0v) is 15.1. The van der Waals surface area contributed by atoms with E-state index in [2.05, 4.69) is 0 Å². The van der Waals surface area contributed by atoms with Crippen LogP contribution >= 0.6 is 0 Å². The third-order valence-electron chi connectivity index (χ3n) is 4.50. The molecular weight excluding hydrogens is 386 g/mol. The Hall–Kier alpha value is -3.82. The molecule has 0 aliphatic carbocycles. The lowest BCUT2D eigenvalue weighted by Gasteiger charge is -2.18. The molecule has 0 saturated heterocycles. The minimum Gasteiger partial charge on any atom is -0.504 e. The van der Waals surface area contributed by atoms with Gasteiger partial charge in [-0.1, -0.05) is 0 Å². The molecule has 0 amide bonds. The number of carbonyl (C=O) groups is 2. The number of anilines is 1. The summed E-state index contributed by atoms with van der Waals surface area (Å²) >= 11 is 0. The molecule has 0 radical (unpaired) electrons. The average Bonchev–Trinajstić information content (AvgIpc) is 2.69. The highest BCUT2D eigenvalue weighted by Crippen LogP contribution is 2.51. The molecule has 3 rings (SSSR count). The Balaban J connectivity index is 2.40. The van der Waals surface area contributed by atoms with Crippen molar-refractivity contribution >= 4 is 17.6 Å². The molecule has 2 aromatic rings. The Kier molecular flexibility index (Phi) is 5.26. The summed E-state index contributed by atoms with van der Waals surface area (Å²) in [6, 6.07) is 1.82. The summed E-state index contributed by atoms with van der Waals surface area (Å²) < 4.78 is 10.3. The van der Waals surface area contributed by atoms with Gasteiger partial charge < -0.3 is 40.7 Å². The van der Waals surface area contributed by atoms with Crippen molar-refractivity contribution < 1.29 is 44.6 Å². The van der Waals surface area contributed by atoms with Gasteiger partial charge in [0.05, 0.1) is 30.0 Å². The van der Waals surface area contributed by atoms with Crippen molar-refractivity contribution in [3.63, 3.8) is 0 Å². The number of rotatable bonds is 0. The molecule has 1 aliphatic heterocycles. The molecule has 0 bridgehead atoms. The normalized spacial score (nSPS) is 15.0. The Morgan fingerprint density at radius 1 is 0.690 bits per heavy atom. The quantitative estimate of drug-likeness (QED) is 0.215. The first kappa shape index (κ1) is 19.9. The summed E-state index contributed by atoms with van der Waals surface area (Å²) in [5.41, 5.74) is 3.40. The molecule has 0 saturated carbocycles. The van der Waals surface area contributed by atoms with Gasteiger partial charge in [-0.15, -0.1) is 0 Å². The molecule has 2 aromatic carbocycles. The number of aromatic hydroxyl groups is 5. The molecule has 1 heterocycles. The van der Waals surface area contributed by atoms with E-state index in [1.807, 2.05) is 0 Å². The molecule has 29 heavy (non-hydrogen) atoms. The van der Waals surface area contributed by atoms with Crippen LogP contribution in [0, 0.1) is 0 Å². The monoisotopic (exact) mass is 405 g/mol. The zero-order chi connectivity index (χ0) is 21.3. The number of ether oxygens (including phenoxy) is 2. The number of nitrogens with two attached hydrogens (primary N) is 1. The third kappa shape index (κ3) is 3.51. The number of hydrogen-bond acceptors (Lipinski definition) is 10. The van der Waals surface area contributed by atoms with Gasteiger partial charge in [0.1, 0.15) is 0 Å². The van der Waals surface area contributed by atoms with E-state index >= 15 is 0 Å². The highest BCUT2D eigenvalue weighted by Gasteiger charge is 2.31. The van der Waals surface area contributed by atoms with Gasteiger partial charge in [0.25, 0.3) is 0 Å². The van der Waals surface area contributed by atoms with E-state index in [9.17, 15) is 35.1 Å². The van der Waals surface area contributed by atoms with Crippen molar-refractivity contribution in [3.8, 4) is 39.9 Å². The smallest absolute Gasteiger partial charge is 0.339 e. The van der Waals surface area contributed by atoms with Crippen molar-refractivity contribution in [3.05, 3.63) is 23.3 Å². The second kappa shape index (κ2) is 7.66. The molecule has 0 aromatic heterocycles. The van der Waals surface area contributed by atoms with Crippen molar-refractivity contribution in [2.45, 2.75) is 19.3 Å². The van der Waals surface area contributed by atoms with Crippen LogP contribution in [0.1, 0.15) is 40.0 Å². The molecule has 7 N–H and O–H groups in total. The van der Waals surface area contributed by atoms with Crippen LogP contribution in [0.3, 0.4) is 0 Å². The molecule has 10 heteroatoms. The van der Waals surface area contributed by atoms with Crippen LogP contribution in [0.4, 0.5) is 5.69 Å². The summed E-state index contributed by atoms with van der Waals surface area (Å²) in [6.45, 7) is 0.0495. The van der Waals surface area contributed by atoms with Crippen LogP contribution in [0.15, 0.2) is 12.1 Å². The summed E-state index contributed by atoms with van der Waals surface area (Å²) in [7, 11) is 0. The molecular formula is C19H19NO9. The van der Waals surface area contributed by atoms with Crippen LogP contribution in [0.25, 0.3) is 11.1 Å². The Labute approximate surface area is 164 Å². The number of esters is 2. The van der Waals surface area contributed by atoms with Gasteiger partial charge in [0.2, 0.25) is 5.75 Å². The van der Waals surface area contributed by atoms with Crippen LogP contribution in [-0.2, 0) is 9.47 Å². The van der Waals surface area contributed by atoms with Gasteiger partial charge in [-0.25, -0.2) is 9.59 Å². The number of hydrogen-bond donors (Lipinski definition) is 6. The number of nitrogen functional groups attached to an aromatic ring is 1. The lowest BCUT2D eigenvalue weighted by molar-refractivity contribution is 0.0481. The predicted octanol–water partition coefficient (Wildman–Crippen LogP) is 1.96. The molecule has 154 valence electrons. The number of phenols is 5. The molecule has 0 unspecified atom stereocenters. The number of carbonyl (C=O) groups excluding carboxylic acids is 2. The van der Waals surface area contributed by atoms with Crippen molar-refractivity contribution in [2.24, 2.45) is 0 Å². The first-order chi connectivity index (χ1) is 13.7. The van der Waals surface area contributed by atoms with Crippen LogP contribution in [0.5, 0.6) is 28.7 Å². The van der Waals surface area contributed by atoms with Gasteiger partial charge in [-0.05, 0) is 31.4 Å². The molecule has 10 nitrogen and oxygen atoms in total. The van der Waals surface area contributed by atoms with E-state index in [4.69, 9.17) is 15.2 Å². The Morgan fingerprint density at radius 2 is 1.17 bits per heavy atom. The van der Waals surface area contributed by atoms with Gasteiger partial charge in [0, 0.05) is 11.1 Å². The lowest BCUT2D eigenvalue weighted by atomic mass is 9.91.